The van der Waals surface area contributed by atoms with E-state index in [1.807, 2.05) is 43.3 Å². The van der Waals surface area contributed by atoms with E-state index in [9.17, 15) is 4.79 Å². The molecule has 0 saturated heterocycles. The summed E-state index contributed by atoms with van der Waals surface area (Å²) in [6.45, 7) is 2.21. The summed E-state index contributed by atoms with van der Waals surface area (Å²) in [4.78, 5) is 12.2. The van der Waals surface area contributed by atoms with Crippen LogP contribution in [0.4, 0.5) is 5.69 Å². The maximum atomic E-state index is 12.2. The van der Waals surface area contributed by atoms with Crippen LogP contribution in [0.1, 0.15) is 66.1 Å². The Morgan fingerprint density at radius 3 is 2.65 bits per heavy atom. The second-order valence-electron chi connectivity index (χ2n) is 8.76. The first-order chi connectivity index (χ1) is 15.2. The highest BCUT2D eigenvalue weighted by atomic mass is 16.5. The normalized spacial score (nSPS) is 22.5. The van der Waals surface area contributed by atoms with E-state index in [-0.39, 0.29) is 5.97 Å². The molecule has 1 saturated carbocycles. The van der Waals surface area contributed by atoms with E-state index in [1.165, 1.54) is 36.8 Å². The largest absolute Gasteiger partial charge is 0.462 e. The van der Waals surface area contributed by atoms with Gasteiger partial charge in [-0.05, 0) is 80.5 Å². The molecule has 3 aliphatic rings. The van der Waals surface area contributed by atoms with Gasteiger partial charge in [0.1, 0.15) is 0 Å². The summed E-state index contributed by atoms with van der Waals surface area (Å²) in [7, 11) is 0. The van der Waals surface area contributed by atoms with Gasteiger partial charge in [0.2, 0.25) is 0 Å². The lowest BCUT2D eigenvalue weighted by atomic mass is 9.75. The average Bonchev–Trinajstić information content (AvgIpc) is 3.46. The molecule has 0 aromatic heterocycles. The molecule has 1 heterocycles. The predicted octanol–water partition coefficient (Wildman–Crippen LogP) is 5.08. The van der Waals surface area contributed by atoms with Crippen molar-refractivity contribution in [3.05, 3.63) is 64.7 Å². The number of aryl methyl sites for hydroxylation is 1. The van der Waals surface area contributed by atoms with Gasteiger partial charge in [0.25, 0.3) is 0 Å². The van der Waals surface area contributed by atoms with Gasteiger partial charge in [-0.25, -0.2) is 4.79 Å². The molecular weight excluding hydrogens is 386 g/mol. The van der Waals surface area contributed by atoms with Crippen LogP contribution in [0.2, 0.25) is 0 Å². The molecule has 1 aliphatic heterocycles. The number of hydrogen-bond donors (Lipinski definition) is 0. The number of fused-ring (bicyclic) bond motifs is 3. The zero-order chi connectivity index (χ0) is 21.4. The monoisotopic (exact) mass is 413 g/mol. The number of carbonyl (C=O) groups excluding carboxylic acids is 1. The molecule has 0 amide bonds. The Hall–Kier alpha value is -3.13. The van der Waals surface area contributed by atoms with Gasteiger partial charge in [-0.15, -0.1) is 0 Å². The van der Waals surface area contributed by atoms with Crippen LogP contribution in [-0.2, 0) is 11.2 Å². The van der Waals surface area contributed by atoms with Crippen molar-refractivity contribution in [1.82, 2.24) is 0 Å². The summed E-state index contributed by atoms with van der Waals surface area (Å²) in [6.07, 6.45) is 7.10. The van der Waals surface area contributed by atoms with Gasteiger partial charge in [0.15, 0.2) is 0 Å². The molecule has 5 rings (SSSR count). The van der Waals surface area contributed by atoms with Crippen LogP contribution in [-0.4, -0.2) is 24.3 Å². The van der Waals surface area contributed by atoms with E-state index in [4.69, 9.17) is 15.1 Å². The zero-order valence-electron chi connectivity index (χ0n) is 17.9. The smallest absolute Gasteiger partial charge is 0.338 e. The minimum atomic E-state index is -0.260. The molecule has 5 nitrogen and oxygen atoms in total. The van der Waals surface area contributed by atoms with Gasteiger partial charge in [0.05, 0.1) is 41.2 Å². The Bertz CT molecular complexity index is 1060. The number of hydrogen-bond acceptors (Lipinski definition) is 5. The molecule has 0 bridgehead atoms. The third kappa shape index (κ3) is 3.50. The number of nitriles is 1. The number of nitrogens with zero attached hydrogens (tertiary/aromatic N) is 3. The number of esters is 1. The molecule has 0 spiro atoms. The zero-order valence-corrected chi connectivity index (χ0v) is 17.9. The average molecular weight is 414 g/mol. The molecule has 2 aromatic rings. The number of carbonyl (C=O) groups is 1. The van der Waals surface area contributed by atoms with Crippen molar-refractivity contribution in [1.29, 1.82) is 5.26 Å². The second-order valence-corrected chi connectivity index (χ2v) is 8.76. The molecule has 1 fully saturated rings. The summed E-state index contributed by atoms with van der Waals surface area (Å²) < 4.78 is 5.18. The lowest BCUT2D eigenvalue weighted by Gasteiger charge is -2.34. The number of rotatable bonds is 4. The van der Waals surface area contributed by atoms with E-state index >= 15 is 0 Å². The van der Waals surface area contributed by atoms with Crippen LogP contribution in [0.15, 0.2) is 47.6 Å². The maximum absolute atomic E-state index is 12.2. The molecule has 0 N–H and O–H groups in total. The Morgan fingerprint density at radius 2 is 1.94 bits per heavy atom. The topological polar surface area (TPSA) is 65.7 Å². The van der Waals surface area contributed by atoms with E-state index < -0.39 is 0 Å². The molecule has 2 aromatic carbocycles. The van der Waals surface area contributed by atoms with Crippen LogP contribution in [0.5, 0.6) is 0 Å². The van der Waals surface area contributed by atoms with Gasteiger partial charge in [-0.1, -0.05) is 18.9 Å². The Balaban J connectivity index is 1.53. The minimum absolute atomic E-state index is 0.260. The third-order valence-corrected chi connectivity index (χ3v) is 7.02. The predicted molar refractivity (Wildman–Crippen MR) is 120 cm³/mol. The molecule has 0 radical (unpaired) electrons. The van der Waals surface area contributed by atoms with E-state index in [0.29, 0.717) is 35.6 Å². The van der Waals surface area contributed by atoms with Crippen LogP contribution in [0, 0.1) is 23.2 Å². The third-order valence-electron chi connectivity index (χ3n) is 7.02. The SMILES string of the molecule is CCOC(=O)c1ccc2c(c1)CC[C@H]1C2=NN(c2ccc(C#N)cc2)[C@H]1C1CCCC1. The fourth-order valence-corrected chi connectivity index (χ4v) is 5.60. The van der Waals surface area contributed by atoms with Crippen molar-refractivity contribution in [2.24, 2.45) is 16.9 Å². The lowest BCUT2D eigenvalue weighted by molar-refractivity contribution is 0.0526. The van der Waals surface area contributed by atoms with Crippen LogP contribution in [0.3, 0.4) is 0 Å². The van der Waals surface area contributed by atoms with Crippen molar-refractivity contribution >= 4 is 17.4 Å². The van der Waals surface area contributed by atoms with Gasteiger partial charge >= 0.3 is 5.97 Å². The quantitative estimate of drug-likeness (QED) is 0.656. The first-order valence-corrected chi connectivity index (χ1v) is 11.4. The molecule has 2 atom stereocenters. The highest BCUT2D eigenvalue weighted by Gasteiger charge is 2.45. The van der Waals surface area contributed by atoms with Gasteiger partial charge in [0, 0.05) is 11.5 Å². The maximum Gasteiger partial charge on any atom is 0.338 e. The van der Waals surface area contributed by atoms with Crippen LogP contribution >= 0.6 is 0 Å². The number of ether oxygens (including phenoxy) is 1. The first-order valence-electron chi connectivity index (χ1n) is 11.4. The summed E-state index contributed by atoms with van der Waals surface area (Å²) >= 11 is 0. The molecule has 31 heavy (non-hydrogen) atoms. The molecule has 5 heteroatoms. The number of hydrazone groups is 1. The van der Waals surface area contributed by atoms with Crippen molar-refractivity contribution in [2.45, 2.75) is 51.5 Å². The first kappa shape index (κ1) is 19.8. The van der Waals surface area contributed by atoms with Crippen LogP contribution in [0.25, 0.3) is 0 Å². The Morgan fingerprint density at radius 1 is 1.16 bits per heavy atom. The summed E-state index contributed by atoms with van der Waals surface area (Å²) in [5.41, 5.74) is 5.85. The van der Waals surface area contributed by atoms with Gasteiger partial charge in [-0.2, -0.15) is 10.4 Å². The Labute approximate surface area is 183 Å². The van der Waals surface area contributed by atoms with E-state index in [2.05, 4.69) is 17.1 Å². The number of benzene rings is 2. The summed E-state index contributed by atoms with van der Waals surface area (Å²) in [5, 5.41) is 16.6. The lowest BCUT2D eigenvalue weighted by Crippen LogP contribution is -2.40. The summed E-state index contributed by atoms with van der Waals surface area (Å²) in [5.74, 6) is 0.783. The summed E-state index contributed by atoms with van der Waals surface area (Å²) in [6, 6.07) is 16.3. The highest BCUT2D eigenvalue weighted by molar-refractivity contribution is 6.07. The highest BCUT2D eigenvalue weighted by Crippen LogP contribution is 2.44. The van der Waals surface area contributed by atoms with Gasteiger partial charge in [-0.3, -0.25) is 5.01 Å². The number of anilines is 1. The van der Waals surface area contributed by atoms with Crippen molar-refractivity contribution in [2.75, 3.05) is 11.6 Å². The van der Waals surface area contributed by atoms with Crippen molar-refractivity contribution < 1.29 is 9.53 Å². The van der Waals surface area contributed by atoms with Gasteiger partial charge < -0.3 is 4.74 Å². The van der Waals surface area contributed by atoms with Crippen molar-refractivity contribution in [3.8, 4) is 6.07 Å². The van der Waals surface area contributed by atoms with Crippen molar-refractivity contribution in [3.63, 3.8) is 0 Å². The molecule has 158 valence electrons. The fourth-order valence-electron chi connectivity index (χ4n) is 5.60. The fraction of sp³-hybridized carbons (Fsp3) is 0.423. The molecule has 2 aliphatic carbocycles. The second kappa shape index (κ2) is 8.19. The standard InChI is InChI=1S/C26H27N3O2/c1-2-31-26(30)20-10-13-22-19(15-20)9-14-23-24(22)28-29(25(23)18-5-3-4-6-18)21-11-7-17(16-27)8-12-21/h7-8,10-13,15,18,23,25H,2-6,9,14H2,1H3/t23-,25-/m0/s1. The minimum Gasteiger partial charge on any atom is -0.462 e. The van der Waals surface area contributed by atoms with E-state index in [1.54, 1.807) is 0 Å². The molecular formula is C26H27N3O2. The Kier molecular flexibility index (Phi) is 5.23. The van der Waals surface area contributed by atoms with E-state index in [0.717, 1.165) is 24.2 Å². The van der Waals surface area contributed by atoms with Crippen LogP contribution < -0.4 is 5.01 Å². The molecule has 0 unspecified atom stereocenters.